The number of imidazole rings is 1. The number of aryl methyl sites for hydroxylation is 2. The molecule has 0 aliphatic heterocycles. The number of nitrogens with zero attached hydrogens (tertiary/aromatic N) is 2. The van der Waals surface area contributed by atoms with Gasteiger partial charge in [-0.05, 0) is 37.5 Å². The number of hydrogen-bond acceptors (Lipinski definition) is 2. The zero-order valence-corrected chi connectivity index (χ0v) is 11.4. The van der Waals surface area contributed by atoms with E-state index in [1.54, 1.807) is 0 Å². The molecular weight excluding hydrogens is 222 g/mol. The van der Waals surface area contributed by atoms with Gasteiger partial charge >= 0.3 is 0 Å². The summed E-state index contributed by atoms with van der Waals surface area (Å²) in [4.78, 5) is 4.43. The molecule has 0 saturated carbocycles. The van der Waals surface area contributed by atoms with Gasteiger partial charge in [0.1, 0.15) is 0 Å². The summed E-state index contributed by atoms with van der Waals surface area (Å²) in [6, 6.07) is 8.74. The van der Waals surface area contributed by atoms with Crippen LogP contribution in [0.4, 0.5) is 5.95 Å². The Bertz CT molecular complexity index is 497. The normalized spacial score (nSPS) is 10.6. The maximum atomic E-state index is 4.43. The first-order valence-corrected chi connectivity index (χ1v) is 6.57. The van der Waals surface area contributed by atoms with E-state index in [9.17, 15) is 0 Å². The van der Waals surface area contributed by atoms with Crippen LogP contribution in [0.5, 0.6) is 0 Å². The van der Waals surface area contributed by atoms with Crippen LogP contribution in [0.2, 0.25) is 0 Å². The van der Waals surface area contributed by atoms with Gasteiger partial charge in [-0.3, -0.25) is 4.57 Å². The molecule has 0 spiro atoms. The molecule has 18 heavy (non-hydrogen) atoms. The Labute approximate surface area is 109 Å². The number of benzene rings is 1. The molecule has 1 aromatic heterocycles. The number of anilines is 1. The summed E-state index contributed by atoms with van der Waals surface area (Å²) < 4.78 is 2.08. The third kappa shape index (κ3) is 2.73. The lowest BCUT2D eigenvalue weighted by Crippen LogP contribution is -2.00. The molecule has 0 fully saturated rings. The number of unbranched alkanes of at least 4 members (excludes halogenated alkanes) is 1. The van der Waals surface area contributed by atoms with E-state index in [0.717, 1.165) is 17.3 Å². The highest BCUT2D eigenvalue weighted by molar-refractivity contribution is 5.43. The van der Waals surface area contributed by atoms with Crippen LogP contribution in [0.15, 0.2) is 30.5 Å². The smallest absolute Gasteiger partial charge is 0.207 e. The van der Waals surface area contributed by atoms with Crippen molar-refractivity contribution in [2.45, 2.75) is 33.1 Å². The molecule has 0 atom stereocenters. The highest BCUT2D eigenvalue weighted by atomic mass is 15.2. The van der Waals surface area contributed by atoms with E-state index in [0.29, 0.717) is 0 Å². The molecule has 0 bridgehead atoms. The first-order chi connectivity index (χ1) is 8.74. The summed E-state index contributed by atoms with van der Waals surface area (Å²) in [5, 5.41) is 3.12. The van der Waals surface area contributed by atoms with Gasteiger partial charge < -0.3 is 5.32 Å². The lowest BCUT2D eigenvalue weighted by Gasteiger charge is -2.08. The van der Waals surface area contributed by atoms with Crippen LogP contribution >= 0.6 is 0 Å². The van der Waals surface area contributed by atoms with Crippen molar-refractivity contribution >= 4 is 5.95 Å². The molecule has 0 radical (unpaired) electrons. The van der Waals surface area contributed by atoms with E-state index in [1.807, 2.05) is 20.2 Å². The zero-order valence-electron chi connectivity index (χ0n) is 11.4. The number of aromatic nitrogens is 2. The van der Waals surface area contributed by atoms with Crippen molar-refractivity contribution in [2.24, 2.45) is 0 Å². The maximum absolute atomic E-state index is 4.43. The fourth-order valence-electron chi connectivity index (χ4n) is 2.08. The van der Waals surface area contributed by atoms with E-state index >= 15 is 0 Å². The van der Waals surface area contributed by atoms with Crippen molar-refractivity contribution in [1.82, 2.24) is 9.55 Å². The van der Waals surface area contributed by atoms with Gasteiger partial charge in [-0.15, -0.1) is 0 Å². The summed E-state index contributed by atoms with van der Waals surface area (Å²) in [6.07, 6.45) is 5.71. The molecule has 96 valence electrons. The lowest BCUT2D eigenvalue weighted by atomic mass is 10.1. The fourth-order valence-corrected chi connectivity index (χ4v) is 2.08. The van der Waals surface area contributed by atoms with Crippen LogP contribution in [-0.4, -0.2) is 16.6 Å². The van der Waals surface area contributed by atoms with Gasteiger partial charge in [0.15, 0.2) is 0 Å². The van der Waals surface area contributed by atoms with E-state index in [-0.39, 0.29) is 0 Å². The number of nitrogens with one attached hydrogen (secondary N) is 1. The van der Waals surface area contributed by atoms with Gasteiger partial charge in [-0.2, -0.15) is 0 Å². The van der Waals surface area contributed by atoms with E-state index in [1.165, 1.54) is 24.8 Å². The quantitative estimate of drug-likeness (QED) is 0.870. The Kier molecular flexibility index (Phi) is 4.03. The summed E-state index contributed by atoms with van der Waals surface area (Å²) in [6.45, 7) is 4.23. The topological polar surface area (TPSA) is 29.9 Å². The van der Waals surface area contributed by atoms with Crippen LogP contribution in [0.3, 0.4) is 0 Å². The van der Waals surface area contributed by atoms with Gasteiger partial charge in [-0.1, -0.05) is 25.5 Å². The number of rotatable bonds is 5. The molecule has 1 aromatic carbocycles. The highest BCUT2D eigenvalue weighted by Gasteiger charge is 2.05. The van der Waals surface area contributed by atoms with Crippen LogP contribution < -0.4 is 5.32 Å². The molecule has 1 N–H and O–H groups in total. The number of hydrogen-bond donors (Lipinski definition) is 1. The standard InChI is InChI=1S/C15H21N3/c1-4-5-6-13-7-9-14(10-8-13)18-11-12(2)17-15(18)16-3/h7-11H,4-6H2,1-3H3,(H,16,17). The van der Waals surface area contributed by atoms with Crippen LogP contribution in [0.1, 0.15) is 31.0 Å². The Morgan fingerprint density at radius 1 is 1.22 bits per heavy atom. The van der Waals surface area contributed by atoms with E-state index in [2.05, 4.69) is 46.1 Å². The van der Waals surface area contributed by atoms with Gasteiger partial charge in [0.2, 0.25) is 5.95 Å². The van der Waals surface area contributed by atoms with Gasteiger partial charge in [0.25, 0.3) is 0 Å². The summed E-state index contributed by atoms with van der Waals surface area (Å²) in [5.41, 5.74) is 3.58. The molecule has 0 aliphatic rings. The monoisotopic (exact) mass is 243 g/mol. The summed E-state index contributed by atoms with van der Waals surface area (Å²) >= 11 is 0. The predicted molar refractivity (Wildman–Crippen MR) is 76.5 cm³/mol. The SMILES string of the molecule is CCCCc1ccc(-n2cc(C)nc2NC)cc1. The average Bonchev–Trinajstić information content (AvgIpc) is 2.78. The second-order valence-electron chi connectivity index (χ2n) is 4.60. The Morgan fingerprint density at radius 3 is 2.56 bits per heavy atom. The molecule has 2 rings (SSSR count). The van der Waals surface area contributed by atoms with Crippen LogP contribution in [0.25, 0.3) is 5.69 Å². The Balaban J connectivity index is 2.22. The van der Waals surface area contributed by atoms with E-state index in [4.69, 9.17) is 0 Å². The first-order valence-electron chi connectivity index (χ1n) is 6.57. The van der Waals surface area contributed by atoms with Crippen molar-refractivity contribution in [2.75, 3.05) is 12.4 Å². The van der Waals surface area contributed by atoms with Crippen molar-refractivity contribution in [1.29, 1.82) is 0 Å². The highest BCUT2D eigenvalue weighted by Crippen LogP contribution is 2.17. The molecular formula is C15H21N3. The first kappa shape index (κ1) is 12.7. The predicted octanol–water partition coefficient (Wildman–Crippen LogP) is 3.57. The zero-order chi connectivity index (χ0) is 13.0. The van der Waals surface area contributed by atoms with Crippen LogP contribution in [-0.2, 0) is 6.42 Å². The van der Waals surface area contributed by atoms with E-state index < -0.39 is 0 Å². The van der Waals surface area contributed by atoms with Gasteiger partial charge in [0, 0.05) is 18.9 Å². The fraction of sp³-hybridized carbons (Fsp3) is 0.400. The third-order valence-corrected chi connectivity index (χ3v) is 3.08. The van der Waals surface area contributed by atoms with Crippen molar-refractivity contribution in [3.63, 3.8) is 0 Å². The molecule has 2 aromatic rings. The van der Waals surface area contributed by atoms with Crippen LogP contribution in [0, 0.1) is 6.92 Å². The lowest BCUT2D eigenvalue weighted by molar-refractivity contribution is 0.795. The minimum Gasteiger partial charge on any atom is -0.358 e. The minimum absolute atomic E-state index is 0.883. The van der Waals surface area contributed by atoms with Crippen molar-refractivity contribution < 1.29 is 0 Å². The molecule has 3 nitrogen and oxygen atoms in total. The average molecular weight is 243 g/mol. The van der Waals surface area contributed by atoms with Gasteiger partial charge in [-0.25, -0.2) is 4.98 Å². The molecule has 0 amide bonds. The maximum Gasteiger partial charge on any atom is 0.207 e. The van der Waals surface area contributed by atoms with Gasteiger partial charge in [0.05, 0.1) is 5.69 Å². The Hall–Kier alpha value is -1.77. The second-order valence-corrected chi connectivity index (χ2v) is 4.60. The third-order valence-electron chi connectivity index (χ3n) is 3.08. The summed E-state index contributed by atoms with van der Waals surface area (Å²) in [5.74, 6) is 0.883. The second kappa shape index (κ2) is 5.71. The summed E-state index contributed by atoms with van der Waals surface area (Å²) in [7, 11) is 1.90. The molecule has 1 heterocycles. The molecule has 0 unspecified atom stereocenters. The molecule has 0 aliphatic carbocycles. The van der Waals surface area contributed by atoms with Crippen molar-refractivity contribution in [3.8, 4) is 5.69 Å². The Morgan fingerprint density at radius 2 is 1.94 bits per heavy atom. The van der Waals surface area contributed by atoms with Crippen molar-refractivity contribution in [3.05, 3.63) is 41.7 Å². The minimum atomic E-state index is 0.883. The molecule has 0 saturated heterocycles. The molecule has 3 heteroatoms. The largest absolute Gasteiger partial charge is 0.358 e.